The van der Waals surface area contributed by atoms with Gasteiger partial charge in [-0.05, 0) is 46.5 Å². The minimum absolute atomic E-state index is 0.106. The van der Waals surface area contributed by atoms with Crippen molar-refractivity contribution in [2.24, 2.45) is 5.92 Å². The van der Waals surface area contributed by atoms with Crippen LogP contribution in [0.1, 0.15) is 19.4 Å². The maximum absolute atomic E-state index is 13.1. The Morgan fingerprint density at radius 3 is 2.06 bits per heavy atom. The quantitative estimate of drug-likeness (QED) is 0.455. The largest absolute Gasteiger partial charge is 0.493 e. The van der Waals surface area contributed by atoms with Crippen LogP contribution in [0.15, 0.2) is 59.5 Å². The maximum atomic E-state index is 13.1. The normalized spacial score (nSPS) is 12.4. The molecule has 0 spiro atoms. The van der Waals surface area contributed by atoms with Gasteiger partial charge in [-0.1, -0.05) is 44.2 Å². The van der Waals surface area contributed by atoms with Gasteiger partial charge in [0.05, 0.1) is 26.2 Å². The molecule has 3 aromatic carbocycles. The van der Waals surface area contributed by atoms with Crippen molar-refractivity contribution in [3.8, 4) is 17.2 Å². The van der Waals surface area contributed by atoms with E-state index in [0.717, 1.165) is 10.8 Å². The van der Waals surface area contributed by atoms with Gasteiger partial charge in [-0.15, -0.1) is 0 Å². The summed E-state index contributed by atoms with van der Waals surface area (Å²) in [5, 5.41) is 4.55. The Bertz CT molecular complexity index is 1250. The van der Waals surface area contributed by atoms with E-state index in [2.05, 4.69) is 10.0 Å². The molecule has 1 atom stereocenters. The number of hydrogen-bond donors (Lipinski definition) is 2. The number of sulfonamides is 1. The Labute approximate surface area is 200 Å². The molecule has 0 saturated heterocycles. The second kappa shape index (κ2) is 10.8. The van der Waals surface area contributed by atoms with Crippen molar-refractivity contribution in [1.29, 1.82) is 0 Å². The van der Waals surface area contributed by atoms with E-state index in [1.807, 2.05) is 24.3 Å². The van der Waals surface area contributed by atoms with Gasteiger partial charge in [0.2, 0.25) is 21.7 Å². The highest BCUT2D eigenvalue weighted by Gasteiger charge is 2.28. The fourth-order valence-electron chi connectivity index (χ4n) is 3.60. The van der Waals surface area contributed by atoms with Gasteiger partial charge < -0.3 is 19.5 Å². The fourth-order valence-corrected chi connectivity index (χ4v) is 4.98. The molecule has 0 aliphatic rings. The third-order valence-corrected chi connectivity index (χ3v) is 6.89. The third kappa shape index (κ3) is 5.60. The SMILES string of the molecule is COc1cc(CNC(=O)C(NS(=O)(=O)c2ccc3ccccc3c2)C(C)C)cc(OC)c1OC. The number of rotatable bonds is 10. The van der Waals surface area contributed by atoms with Crippen LogP contribution >= 0.6 is 0 Å². The Kier molecular flexibility index (Phi) is 8.01. The van der Waals surface area contributed by atoms with Crippen molar-refractivity contribution in [2.75, 3.05) is 21.3 Å². The van der Waals surface area contributed by atoms with E-state index < -0.39 is 22.0 Å². The number of nitrogens with one attached hydrogen (secondary N) is 2. The standard InChI is InChI=1S/C25H30N2O6S/c1-16(2)23(27-34(29,30)20-11-10-18-8-6-7-9-19(18)14-20)25(28)26-15-17-12-21(31-3)24(33-5)22(13-17)32-4/h6-14,16,23,27H,15H2,1-5H3,(H,26,28). The lowest BCUT2D eigenvalue weighted by molar-refractivity contribution is -0.123. The zero-order valence-electron chi connectivity index (χ0n) is 19.9. The highest BCUT2D eigenvalue weighted by atomic mass is 32.2. The molecular weight excluding hydrogens is 456 g/mol. The molecule has 1 unspecified atom stereocenters. The minimum Gasteiger partial charge on any atom is -0.493 e. The molecule has 2 N–H and O–H groups in total. The number of benzene rings is 3. The zero-order valence-corrected chi connectivity index (χ0v) is 20.7. The van der Waals surface area contributed by atoms with Crippen LogP contribution in [0.5, 0.6) is 17.2 Å². The first kappa shape index (κ1) is 25.3. The lowest BCUT2D eigenvalue weighted by Gasteiger charge is -2.22. The van der Waals surface area contributed by atoms with Crippen molar-refractivity contribution < 1.29 is 27.4 Å². The van der Waals surface area contributed by atoms with Gasteiger partial charge in [0.15, 0.2) is 11.5 Å². The second-order valence-corrected chi connectivity index (χ2v) is 9.82. The molecule has 0 aromatic heterocycles. The zero-order chi connectivity index (χ0) is 24.9. The first-order chi connectivity index (χ1) is 16.2. The molecular formula is C25H30N2O6S. The summed E-state index contributed by atoms with van der Waals surface area (Å²) >= 11 is 0. The molecule has 0 fully saturated rings. The van der Waals surface area contributed by atoms with Crippen LogP contribution < -0.4 is 24.2 Å². The van der Waals surface area contributed by atoms with Gasteiger partial charge in [-0.25, -0.2) is 8.42 Å². The van der Waals surface area contributed by atoms with Crippen LogP contribution in [0.25, 0.3) is 10.8 Å². The molecule has 34 heavy (non-hydrogen) atoms. The summed E-state index contributed by atoms with van der Waals surface area (Å²) < 4.78 is 44.7. The molecule has 3 aromatic rings. The van der Waals surface area contributed by atoms with Crippen molar-refractivity contribution in [1.82, 2.24) is 10.0 Å². The summed E-state index contributed by atoms with van der Waals surface area (Å²) in [5.74, 6) is 0.651. The highest BCUT2D eigenvalue weighted by Crippen LogP contribution is 2.38. The number of carbonyl (C=O) groups is 1. The average molecular weight is 487 g/mol. The summed E-state index contributed by atoms with van der Waals surface area (Å²) in [6, 6.07) is 14.9. The van der Waals surface area contributed by atoms with Crippen LogP contribution in [0.2, 0.25) is 0 Å². The summed E-state index contributed by atoms with van der Waals surface area (Å²) in [6.07, 6.45) is 0. The van der Waals surface area contributed by atoms with E-state index in [9.17, 15) is 13.2 Å². The Morgan fingerprint density at radius 1 is 0.882 bits per heavy atom. The molecule has 0 saturated carbocycles. The number of fused-ring (bicyclic) bond motifs is 1. The summed E-state index contributed by atoms with van der Waals surface area (Å²) in [7, 11) is 0.609. The number of amides is 1. The van der Waals surface area contributed by atoms with Gasteiger partial charge >= 0.3 is 0 Å². The van der Waals surface area contributed by atoms with E-state index in [0.29, 0.717) is 22.8 Å². The van der Waals surface area contributed by atoms with Gasteiger partial charge in [0.1, 0.15) is 6.04 Å². The molecule has 3 rings (SSSR count). The predicted octanol–water partition coefficient (Wildman–Crippen LogP) is 3.48. The highest BCUT2D eigenvalue weighted by molar-refractivity contribution is 7.89. The topological polar surface area (TPSA) is 103 Å². The van der Waals surface area contributed by atoms with E-state index in [1.165, 1.54) is 27.4 Å². The van der Waals surface area contributed by atoms with E-state index in [4.69, 9.17) is 14.2 Å². The van der Waals surface area contributed by atoms with Crippen LogP contribution in [-0.4, -0.2) is 41.7 Å². The molecule has 182 valence electrons. The lowest BCUT2D eigenvalue weighted by Crippen LogP contribution is -2.49. The number of methoxy groups -OCH3 is 3. The van der Waals surface area contributed by atoms with E-state index in [1.54, 1.807) is 38.1 Å². The Hall–Kier alpha value is -3.30. The molecule has 0 radical (unpaired) electrons. The molecule has 9 heteroatoms. The van der Waals surface area contributed by atoms with Crippen molar-refractivity contribution in [3.63, 3.8) is 0 Å². The van der Waals surface area contributed by atoms with Crippen LogP contribution in [-0.2, 0) is 21.4 Å². The Morgan fingerprint density at radius 2 is 1.50 bits per heavy atom. The van der Waals surface area contributed by atoms with Gasteiger partial charge in [0, 0.05) is 6.54 Å². The van der Waals surface area contributed by atoms with Gasteiger partial charge in [-0.3, -0.25) is 4.79 Å². The summed E-state index contributed by atoms with van der Waals surface area (Å²) in [5.41, 5.74) is 0.711. The monoisotopic (exact) mass is 486 g/mol. The van der Waals surface area contributed by atoms with Gasteiger partial charge in [-0.2, -0.15) is 4.72 Å². The van der Waals surface area contributed by atoms with Crippen molar-refractivity contribution >= 4 is 26.7 Å². The van der Waals surface area contributed by atoms with Crippen LogP contribution in [0.4, 0.5) is 0 Å². The molecule has 0 aliphatic heterocycles. The molecule has 1 amide bonds. The number of ether oxygens (including phenoxy) is 3. The van der Waals surface area contributed by atoms with Crippen molar-refractivity contribution in [3.05, 3.63) is 60.2 Å². The first-order valence-electron chi connectivity index (χ1n) is 10.8. The van der Waals surface area contributed by atoms with E-state index in [-0.39, 0.29) is 17.4 Å². The number of carbonyl (C=O) groups excluding carboxylic acids is 1. The van der Waals surface area contributed by atoms with Crippen LogP contribution in [0.3, 0.4) is 0 Å². The average Bonchev–Trinajstić information content (AvgIpc) is 2.84. The first-order valence-corrected chi connectivity index (χ1v) is 12.3. The fraction of sp³-hybridized carbons (Fsp3) is 0.320. The van der Waals surface area contributed by atoms with Crippen LogP contribution in [0, 0.1) is 5.92 Å². The lowest BCUT2D eigenvalue weighted by atomic mass is 10.0. The summed E-state index contributed by atoms with van der Waals surface area (Å²) in [6.45, 7) is 3.72. The summed E-state index contributed by atoms with van der Waals surface area (Å²) in [4.78, 5) is 13.1. The molecule has 0 aliphatic carbocycles. The molecule has 0 heterocycles. The smallest absolute Gasteiger partial charge is 0.241 e. The maximum Gasteiger partial charge on any atom is 0.241 e. The predicted molar refractivity (Wildman–Crippen MR) is 131 cm³/mol. The van der Waals surface area contributed by atoms with Crippen molar-refractivity contribution in [2.45, 2.75) is 31.3 Å². The Balaban J connectivity index is 1.78. The molecule has 8 nitrogen and oxygen atoms in total. The molecule has 0 bridgehead atoms. The van der Waals surface area contributed by atoms with E-state index >= 15 is 0 Å². The third-order valence-electron chi connectivity index (χ3n) is 5.45. The second-order valence-electron chi connectivity index (χ2n) is 8.10. The van der Waals surface area contributed by atoms with Gasteiger partial charge in [0.25, 0.3) is 0 Å². The number of hydrogen-bond acceptors (Lipinski definition) is 6. The minimum atomic E-state index is -3.92.